The zero-order valence-corrected chi connectivity index (χ0v) is 13.5. The van der Waals surface area contributed by atoms with E-state index in [9.17, 15) is 4.79 Å². The Balaban J connectivity index is 1.54. The number of aryl methyl sites for hydroxylation is 1. The molecule has 1 amide bonds. The van der Waals surface area contributed by atoms with Gasteiger partial charge in [-0.25, -0.2) is 9.97 Å². The first-order valence-corrected chi connectivity index (χ1v) is 8.14. The monoisotopic (exact) mass is 318 g/mol. The fourth-order valence-corrected chi connectivity index (χ4v) is 3.19. The van der Waals surface area contributed by atoms with Gasteiger partial charge in [-0.2, -0.15) is 0 Å². The van der Waals surface area contributed by atoms with Gasteiger partial charge in [0.2, 0.25) is 0 Å². The minimum atomic E-state index is 0.0309. The highest BCUT2D eigenvalue weighted by Gasteiger charge is 2.29. The van der Waals surface area contributed by atoms with Crippen molar-refractivity contribution in [3.8, 4) is 0 Å². The Hall–Kier alpha value is -2.82. The smallest absolute Gasteiger partial charge is 0.255 e. The van der Waals surface area contributed by atoms with Gasteiger partial charge in [0, 0.05) is 42.5 Å². The fourth-order valence-electron chi connectivity index (χ4n) is 3.19. The van der Waals surface area contributed by atoms with Gasteiger partial charge in [0.25, 0.3) is 5.91 Å². The van der Waals surface area contributed by atoms with Crippen LogP contribution < -0.4 is 0 Å². The summed E-state index contributed by atoms with van der Waals surface area (Å²) < 4.78 is 0. The molecule has 4 rings (SSSR count). The summed E-state index contributed by atoms with van der Waals surface area (Å²) in [6.45, 7) is 3.35. The van der Waals surface area contributed by atoms with Crippen LogP contribution >= 0.6 is 0 Å². The number of pyridine rings is 1. The summed E-state index contributed by atoms with van der Waals surface area (Å²) in [6, 6.07) is 11.6. The third-order valence-corrected chi connectivity index (χ3v) is 4.49. The van der Waals surface area contributed by atoms with Gasteiger partial charge in [-0.15, -0.1) is 0 Å². The summed E-state index contributed by atoms with van der Waals surface area (Å²) in [5, 5.41) is 0.987. The number of likely N-dealkylation sites (tertiary alicyclic amines) is 1. The van der Waals surface area contributed by atoms with Crippen molar-refractivity contribution < 1.29 is 4.79 Å². The van der Waals surface area contributed by atoms with Crippen LogP contribution in [0.3, 0.4) is 0 Å². The summed E-state index contributed by atoms with van der Waals surface area (Å²) >= 11 is 0. The number of para-hydroxylation sites is 1. The Kier molecular flexibility index (Phi) is 3.69. The molecular weight excluding hydrogens is 300 g/mol. The molecule has 24 heavy (non-hydrogen) atoms. The van der Waals surface area contributed by atoms with Crippen molar-refractivity contribution >= 4 is 16.8 Å². The Morgan fingerprint density at radius 3 is 2.96 bits per heavy atom. The molecule has 1 aliphatic heterocycles. The number of benzene rings is 1. The zero-order chi connectivity index (χ0) is 16.5. The van der Waals surface area contributed by atoms with Crippen molar-refractivity contribution in [1.82, 2.24) is 19.9 Å². The SMILES string of the molecule is Cc1ccnc([C@@H]2CCN(C(=O)c3cnc4ccccc4c3)C2)n1. The second-order valence-electron chi connectivity index (χ2n) is 6.21. The van der Waals surface area contributed by atoms with Crippen LogP contribution in [0.2, 0.25) is 0 Å². The van der Waals surface area contributed by atoms with Gasteiger partial charge in [-0.3, -0.25) is 9.78 Å². The number of hydrogen-bond donors (Lipinski definition) is 0. The van der Waals surface area contributed by atoms with Crippen LogP contribution in [-0.4, -0.2) is 38.8 Å². The summed E-state index contributed by atoms with van der Waals surface area (Å²) in [5.41, 5.74) is 2.50. The zero-order valence-electron chi connectivity index (χ0n) is 13.5. The van der Waals surface area contributed by atoms with Gasteiger partial charge >= 0.3 is 0 Å². The van der Waals surface area contributed by atoms with Crippen molar-refractivity contribution in [1.29, 1.82) is 0 Å². The summed E-state index contributed by atoms with van der Waals surface area (Å²) in [6.07, 6.45) is 4.35. The van der Waals surface area contributed by atoms with E-state index in [2.05, 4.69) is 15.0 Å². The number of amides is 1. The lowest BCUT2D eigenvalue weighted by Gasteiger charge is -2.16. The van der Waals surface area contributed by atoms with E-state index in [1.165, 1.54) is 0 Å². The largest absolute Gasteiger partial charge is 0.338 e. The topological polar surface area (TPSA) is 59.0 Å². The molecule has 3 heterocycles. The maximum absolute atomic E-state index is 12.8. The third-order valence-electron chi connectivity index (χ3n) is 4.49. The van der Waals surface area contributed by atoms with E-state index in [-0.39, 0.29) is 11.8 Å². The molecule has 0 aliphatic carbocycles. The van der Waals surface area contributed by atoms with Crippen molar-refractivity contribution in [2.45, 2.75) is 19.3 Å². The second kappa shape index (κ2) is 6.00. The Morgan fingerprint density at radius 2 is 2.08 bits per heavy atom. The first-order chi connectivity index (χ1) is 11.7. The van der Waals surface area contributed by atoms with Gasteiger partial charge in [-0.05, 0) is 31.5 Å². The van der Waals surface area contributed by atoms with Crippen molar-refractivity contribution in [3.63, 3.8) is 0 Å². The van der Waals surface area contributed by atoms with Crippen LogP contribution in [0.1, 0.15) is 34.2 Å². The van der Waals surface area contributed by atoms with Crippen molar-refractivity contribution in [2.24, 2.45) is 0 Å². The molecular formula is C19H18N4O. The molecule has 1 aliphatic rings. The van der Waals surface area contributed by atoms with Gasteiger partial charge in [0.15, 0.2) is 0 Å². The number of carbonyl (C=O) groups is 1. The molecule has 1 fully saturated rings. The Morgan fingerprint density at radius 1 is 1.21 bits per heavy atom. The van der Waals surface area contributed by atoms with E-state index in [0.717, 1.165) is 35.4 Å². The van der Waals surface area contributed by atoms with Crippen LogP contribution in [0.25, 0.3) is 10.9 Å². The number of carbonyl (C=O) groups excluding carboxylic acids is 1. The predicted molar refractivity (Wildman–Crippen MR) is 91.8 cm³/mol. The number of hydrogen-bond acceptors (Lipinski definition) is 4. The summed E-state index contributed by atoms with van der Waals surface area (Å²) in [7, 11) is 0. The van der Waals surface area contributed by atoms with Crippen LogP contribution in [0.4, 0.5) is 0 Å². The molecule has 1 aromatic carbocycles. The third kappa shape index (κ3) is 2.73. The van der Waals surface area contributed by atoms with E-state index in [1.807, 2.05) is 48.2 Å². The second-order valence-corrected chi connectivity index (χ2v) is 6.21. The van der Waals surface area contributed by atoms with Crippen molar-refractivity contribution in [3.05, 3.63) is 65.9 Å². The maximum atomic E-state index is 12.8. The van der Waals surface area contributed by atoms with Crippen LogP contribution in [-0.2, 0) is 0 Å². The lowest BCUT2D eigenvalue weighted by atomic mass is 10.1. The number of rotatable bonds is 2. The van der Waals surface area contributed by atoms with Gasteiger partial charge in [0.05, 0.1) is 11.1 Å². The maximum Gasteiger partial charge on any atom is 0.255 e. The average molecular weight is 318 g/mol. The fraction of sp³-hybridized carbons (Fsp3) is 0.263. The number of nitrogens with zero attached hydrogens (tertiary/aromatic N) is 4. The van der Waals surface area contributed by atoms with Gasteiger partial charge in [0.1, 0.15) is 5.82 Å². The molecule has 5 nitrogen and oxygen atoms in total. The predicted octanol–water partition coefficient (Wildman–Crippen LogP) is 2.96. The number of fused-ring (bicyclic) bond motifs is 1. The molecule has 120 valence electrons. The molecule has 0 bridgehead atoms. The molecule has 0 saturated carbocycles. The number of aromatic nitrogens is 3. The van der Waals surface area contributed by atoms with Gasteiger partial charge < -0.3 is 4.90 Å². The molecule has 0 spiro atoms. The lowest BCUT2D eigenvalue weighted by Crippen LogP contribution is -2.28. The Bertz CT molecular complexity index is 909. The van der Waals surface area contributed by atoms with E-state index in [4.69, 9.17) is 0 Å². The van der Waals surface area contributed by atoms with Crippen molar-refractivity contribution in [2.75, 3.05) is 13.1 Å². The molecule has 0 unspecified atom stereocenters. The minimum Gasteiger partial charge on any atom is -0.338 e. The van der Waals surface area contributed by atoms with E-state index in [0.29, 0.717) is 12.1 Å². The molecule has 0 N–H and O–H groups in total. The molecule has 2 aromatic heterocycles. The van der Waals surface area contributed by atoms with E-state index < -0.39 is 0 Å². The van der Waals surface area contributed by atoms with Gasteiger partial charge in [-0.1, -0.05) is 18.2 Å². The minimum absolute atomic E-state index is 0.0309. The highest BCUT2D eigenvalue weighted by Crippen LogP contribution is 2.26. The van der Waals surface area contributed by atoms with Crippen LogP contribution in [0.5, 0.6) is 0 Å². The average Bonchev–Trinajstić information content (AvgIpc) is 3.11. The molecule has 3 aromatic rings. The van der Waals surface area contributed by atoms with E-state index in [1.54, 1.807) is 12.4 Å². The first-order valence-electron chi connectivity index (χ1n) is 8.14. The molecule has 5 heteroatoms. The normalized spacial score (nSPS) is 17.4. The highest BCUT2D eigenvalue weighted by molar-refractivity contribution is 5.97. The van der Waals surface area contributed by atoms with Crippen LogP contribution in [0, 0.1) is 6.92 Å². The standard InChI is InChI=1S/C19H18N4O/c1-13-6-8-20-18(22-13)15-7-9-23(12-15)19(24)16-10-14-4-2-3-5-17(14)21-11-16/h2-6,8,10-11,15H,7,9,12H2,1H3/t15-/m1/s1. The van der Waals surface area contributed by atoms with E-state index >= 15 is 0 Å². The Labute approximate surface area is 140 Å². The summed E-state index contributed by atoms with van der Waals surface area (Å²) in [5.74, 6) is 1.08. The highest BCUT2D eigenvalue weighted by atomic mass is 16.2. The molecule has 1 atom stereocenters. The quantitative estimate of drug-likeness (QED) is 0.729. The molecule has 1 saturated heterocycles. The lowest BCUT2D eigenvalue weighted by molar-refractivity contribution is 0.0790. The first kappa shape index (κ1) is 14.8. The summed E-state index contributed by atoms with van der Waals surface area (Å²) in [4.78, 5) is 27.9. The van der Waals surface area contributed by atoms with Crippen LogP contribution in [0.15, 0.2) is 48.8 Å². The molecule has 0 radical (unpaired) electrons.